The van der Waals surface area contributed by atoms with E-state index in [1.807, 2.05) is 109 Å². The summed E-state index contributed by atoms with van der Waals surface area (Å²) in [4.78, 5) is 44.1. The Kier molecular flexibility index (Phi) is 17.7. The Balaban J connectivity index is 0.000000115. The van der Waals surface area contributed by atoms with Gasteiger partial charge in [0.25, 0.3) is 0 Å². The predicted octanol–water partition coefficient (Wildman–Crippen LogP) is 31.3. The Bertz CT molecular complexity index is 9800. The van der Waals surface area contributed by atoms with E-state index < -0.39 is 60.4 Å². The van der Waals surface area contributed by atoms with E-state index in [0.29, 0.717) is 45.9 Å². The van der Waals surface area contributed by atoms with Gasteiger partial charge >= 0.3 is 0 Å². The quantitative estimate of drug-likeness (QED) is 0.111. The highest BCUT2D eigenvalue weighted by Gasteiger charge is 2.25. The van der Waals surface area contributed by atoms with E-state index in [0.717, 1.165) is 110 Å². The van der Waals surface area contributed by atoms with Gasteiger partial charge in [-0.05, 0) is 116 Å². The van der Waals surface area contributed by atoms with Crippen LogP contribution in [0.5, 0.6) is 0 Å². The molecule has 0 saturated heterocycles. The first-order valence-electron chi connectivity index (χ1n) is 50.2. The van der Waals surface area contributed by atoms with Crippen LogP contribution in [-0.4, -0.2) is 58.6 Å². The molecule has 0 bridgehead atoms. The Morgan fingerprint density at radius 3 is 0.978 bits per heavy atom. The van der Waals surface area contributed by atoms with Crippen LogP contribution in [0.4, 0.5) is 0 Å². The first kappa shape index (κ1) is 70.2. The van der Waals surface area contributed by atoms with Crippen LogP contribution in [0, 0.1) is 0 Å². The molecular weight excluding hydrogens is 1670 g/mol. The van der Waals surface area contributed by atoms with Crippen LogP contribution in [0.2, 0.25) is 0 Å². The summed E-state index contributed by atoms with van der Waals surface area (Å²) in [6, 6.07) is 141. The maximum atomic E-state index is 8.64. The minimum atomic E-state index is -0.599. The average Bonchev–Trinajstić information content (AvgIpc) is 1.58. The van der Waals surface area contributed by atoms with Gasteiger partial charge in [-0.2, -0.15) is 0 Å². The molecule has 12 nitrogen and oxygen atoms in total. The van der Waals surface area contributed by atoms with E-state index in [4.69, 9.17) is 43.6 Å². The first-order valence-corrected chi connectivity index (χ1v) is 45.2. The van der Waals surface area contributed by atoms with Crippen LogP contribution < -0.4 is 0 Å². The van der Waals surface area contributed by atoms with Crippen molar-refractivity contribution in [1.29, 1.82) is 0 Å². The van der Waals surface area contributed by atoms with E-state index in [1.165, 1.54) is 65.5 Å². The standard InChI is InChI=1S/C47H30N4.C41H26N4.C37H24N4/c1-3-14-32(15-4-1)39-21-12-22-41-40-20-9-10-23-43(40)51(44(39)41)42-24-11-19-35-30-37(27-28-38(35)42)47-49-45(33-16-5-2-6-17-33)48-46(50-47)36-26-25-31-13-7-8-18-34(31)29-36;1-2-13-29(14-3-1)39-42-40(31-25-24-27-12-4-5-15-30(27)26-31)44-41(43-39)34-20-10-16-28-17-11-23-37(38(28)34)45-35-21-8-6-18-32(35)33-19-7-9-22-36(33)45;1-3-13-25(14-4-1)35-38-36(26-15-5-2-6-16-26)40-37(39-35)31-23-24-34(28-18-8-7-17-27(28)31)41-32-21-11-9-19-29(32)30-20-10-12-22-33(30)41/h1-30H;1-26H;1-24H/i;;1D,2D,3D,4D,5D,6D,13D,14D,15D,16D. The molecule has 0 amide bonds. The summed E-state index contributed by atoms with van der Waals surface area (Å²) in [5, 5.41) is 17.8. The van der Waals surface area contributed by atoms with E-state index in [9.17, 15) is 0 Å². The summed E-state index contributed by atoms with van der Waals surface area (Å²) in [5.74, 6) is 3.27. The van der Waals surface area contributed by atoms with Gasteiger partial charge < -0.3 is 13.7 Å². The molecule has 0 aliphatic heterocycles. The second-order valence-corrected chi connectivity index (χ2v) is 33.5. The SMILES string of the molecule is [2H]c1c([2H])c([2H])c(-c2nc(-c3c([2H])c([2H])c([2H])c([2H])c3[2H])nc(-c3ccc(-n4c5ccccc5c5ccccc54)c4ccccc34)n2)c([2H])c1[2H].c1ccc(-c2nc(-c3ccc4ccccc4c3)nc(-c3ccc4c(-n5c6ccccc6c6cccc(-c7ccccc7)c65)cccc4c3)n2)cc1.c1ccc(-c2nc(-c3ccc4ccccc4c3)nc(-c3cccc4cccc(-n5c6ccccc6c6ccccc65)c34)n2)cc1. The Morgan fingerprint density at radius 1 is 0.161 bits per heavy atom. The van der Waals surface area contributed by atoms with Gasteiger partial charge in [0.1, 0.15) is 0 Å². The second kappa shape index (κ2) is 34.6. The number of rotatable bonds is 13. The minimum Gasteiger partial charge on any atom is -0.309 e. The summed E-state index contributed by atoms with van der Waals surface area (Å²) in [6.45, 7) is 0. The van der Waals surface area contributed by atoms with Crippen LogP contribution in [0.15, 0.2) is 485 Å². The lowest BCUT2D eigenvalue weighted by molar-refractivity contribution is 1.07. The van der Waals surface area contributed by atoms with Crippen LogP contribution in [-0.2, 0) is 0 Å². The maximum Gasteiger partial charge on any atom is 0.164 e. The zero-order valence-electron chi connectivity index (χ0n) is 83.3. The minimum absolute atomic E-state index is 0.0126. The summed E-state index contributed by atoms with van der Waals surface area (Å²) >= 11 is 0. The predicted molar refractivity (Wildman–Crippen MR) is 564 cm³/mol. The number of fused-ring (bicyclic) bond motifs is 14. The van der Waals surface area contributed by atoms with Gasteiger partial charge in [0.2, 0.25) is 0 Å². The number of para-hydroxylation sites is 6. The molecule has 0 unspecified atom stereocenters. The normalized spacial score (nSPS) is 12.5. The second-order valence-electron chi connectivity index (χ2n) is 33.5. The number of nitrogens with zero attached hydrogens (tertiary/aromatic N) is 12. The van der Waals surface area contributed by atoms with E-state index in [-0.39, 0.29) is 28.6 Å². The fourth-order valence-electron chi connectivity index (χ4n) is 19.2. The molecule has 0 fully saturated rings. The van der Waals surface area contributed by atoms with E-state index in [2.05, 4.69) is 344 Å². The molecule has 137 heavy (non-hydrogen) atoms. The van der Waals surface area contributed by atoms with Crippen molar-refractivity contribution in [2.24, 2.45) is 0 Å². The van der Waals surface area contributed by atoms with Gasteiger partial charge in [0, 0.05) is 104 Å². The van der Waals surface area contributed by atoms with Crippen molar-refractivity contribution in [2.45, 2.75) is 0 Å². The largest absolute Gasteiger partial charge is 0.309 e. The van der Waals surface area contributed by atoms with E-state index in [1.54, 1.807) is 0 Å². The van der Waals surface area contributed by atoms with Gasteiger partial charge in [-0.1, -0.05) is 412 Å². The lowest BCUT2D eigenvalue weighted by Gasteiger charge is -2.15. The smallest absolute Gasteiger partial charge is 0.164 e. The van der Waals surface area contributed by atoms with Crippen molar-refractivity contribution in [3.8, 4) is 131 Å². The van der Waals surface area contributed by atoms with Crippen LogP contribution in [0.25, 0.3) is 250 Å². The third-order valence-electron chi connectivity index (χ3n) is 25.5. The Labute approximate surface area is 802 Å². The first-order chi connectivity index (χ1) is 72.1. The highest BCUT2D eigenvalue weighted by molar-refractivity contribution is 6.17. The monoisotopic (exact) mass is 1760 g/mol. The third-order valence-corrected chi connectivity index (χ3v) is 25.5. The van der Waals surface area contributed by atoms with Crippen molar-refractivity contribution in [3.05, 3.63) is 485 Å². The third kappa shape index (κ3) is 14.8. The van der Waals surface area contributed by atoms with Crippen LogP contribution in [0.1, 0.15) is 13.7 Å². The average molecular weight is 1760 g/mol. The zero-order valence-corrected chi connectivity index (χ0v) is 73.3. The van der Waals surface area contributed by atoms with Crippen molar-refractivity contribution < 1.29 is 13.7 Å². The molecule has 0 aliphatic carbocycles. The molecule has 27 aromatic rings. The number of aromatic nitrogens is 12. The molecule has 0 aliphatic rings. The van der Waals surface area contributed by atoms with Gasteiger partial charge in [-0.3, -0.25) is 0 Å². The topological polar surface area (TPSA) is 131 Å². The molecule has 640 valence electrons. The maximum absolute atomic E-state index is 8.64. The molecular formula is C125H80N12. The summed E-state index contributed by atoms with van der Waals surface area (Å²) in [5.41, 5.74) is 17.8. The molecule has 0 spiro atoms. The molecule has 0 radical (unpaired) electrons. The van der Waals surface area contributed by atoms with Crippen molar-refractivity contribution in [2.75, 3.05) is 0 Å². The van der Waals surface area contributed by atoms with Crippen molar-refractivity contribution in [1.82, 2.24) is 58.6 Å². The number of hydrogen-bond donors (Lipinski definition) is 0. The highest BCUT2D eigenvalue weighted by Crippen LogP contribution is 2.45. The molecule has 0 N–H and O–H groups in total. The number of benzene rings is 21. The summed E-state index contributed by atoms with van der Waals surface area (Å²) < 4.78 is 90.8. The Hall–Kier alpha value is -18.7. The fourth-order valence-corrected chi connectivity index (χ4v) is 19.2. The molecule has 12 heteroatoms. The van der Waals surface area contributed by atoms with Gasteiger partial charge in [-0.15, -0.1) is 0 Å². The lowest BCUT2D eigenvalue weighted by Crippen LogP contribution is -2.02. The molecule has 0 atom stereocenters. The molecule has 6 aromatic heterocycles. The van der Waals surface area contributed by atoms with E-state index >= 15 is 0 Å². The highest BCUT2D eigenvalue weighted by atomic mass is 15.1. The lowest BCUT2D eigenvalue weighted by atomic mass is 10.0. The van der Waals surface area contributed by atoms with Crippen LogP contribution >= 0.6 is 0 Å². The molecule has 21 aromatic carbocycles. The van der Waals surface area contributed by atoms with Gasteiger partial charge in [-0.25, -0.2) is 44.9 Å². The number of hydrogen-bond acceptors (Lipinski definition) is 9. The van der Waals surface area contributed by atoms with Crippen molar-refractivity contribution >= 4 is 119 Å². The zero-order chi connectivity index (χ0) is 99.3. The molecule has 27 rings (SSSR count). The Morgan fingerprint density at radius 2 is 0.482 bits per heavy atom. The molecule has 0 saturated carbocycles. The van der Waals surface area contributed by atoms with Crippen molar-refractivity contribution in [3.63, 3.8) is 0 Å². The summed E-state index contributed by atoms with van der Waals surface area (Å²) in [7, 11) is 0. The van der Waals surface area contributed by atoms with Gasteiger partial charge in [0.05, 0.1) is 63.9 Å². The molecule has 6 heterocycles. The van der Waals surface area contributed by atoms with Gasteiger partial charge in [0.15, 0.2) is 52.4 Å². The fraction of sp³-hybridized carbons (Fsp3) is 0. The van der Waals surface area contributed by atoms with Crippen LogP contribution in [0.3, 0.4) is 0 Å². The summed E-state index contributed by atoms with van der Waals surface area (Å²) in [6.07, 6.45) is 0.